The minimum Gasteiger partial charge on any atom is -0.300 e. The summed E-state index contributed by atoms with van der Waals surface area (Å²) in [6.07, 6.45) is 6.82. The predicted molar refractivity (Wildman–Crippen MR) is 44.2 cm³/mol. The first-order valence-electron chi connectivity index (χ1n) is 4.79. The molecule has 0 aromatic carbocycles. The van der Waals surface area contributed by atoms with Gasteiger partial charge in [0, 0.05) is 5.92 Å². The quantitative estimate of drug-likeness (QED) is 0.593. The van der Waals surface area contributed by atoms with Gasteiger partial charge in [0.2, 0.25) is 0 Å². The van der Waals surface area contributed by atoms with Crippen molar-refractivity contribution in [2.45, 2.75) is 39.0 Å². The molecule has 0 radical (unpaired) electrons. The van der Waals surface area contributed by atoms with Gasteiger partial charge in [0.25, 0.3) is 0 Å². The molecule has 2 aliphatic carbocycles. The van der Waals surface area contributed by atoms with Crippen molar-refractivity contribution in [1.82, 2.24) is 0 Å². The van der Waals surface area contributed by atoms with Crippen LogP contribution in [0.15, 0.2) is 0 Å². The van der Waals surface area contributed by atoms with E-state index in [1.807, 2.05) is 0 Å². The van der Waals surface area contributed by atoms with Crippen LogP contribution in [0.2, 0.25) is 0 Å². The smallest absolute Gasteiger partial charge is 0.133 e. The van der Waals surface area contributed by atoms with Crippen molar-refractivity contribution in [1.29, 1.82) is 0 Å². The van der Waals surface area contributed by atoms with E-state index in [0.29, 0.717) is 11.7 Å². The van der Waals surface area contributed by atoms with Crippen LogP contribution in [0.4, 0.5) is 0 Å². The first-order valence-corrected chi connectivity index (χ1v) is 4.79. The summed E-state index contributed by atoms with van der Waals surface area (Å²) >= 11 is 0. The van der Waals surface area contributed by atoms with E-state index >= 15 is 0 Å². The Bertz CT molecular complexity index is 168. The highest BCUT2D eigenvalue weighted by molar-refractivity contribution is 5.81. The third-order valence-electron chi connectivity index (χ3n) is 3.37. The summed E-state index contributed by atoms with van der Waals surface area (Å²) in [6, 6.07) is 0. The average molecular weight is 152 g/mol. The highest BCUT2D eigenvalue weighted by Gasteiger charge is 2.45. The summed E-state index contributed by atoms with van der Waals surface area (Å²) in [5.74, 6) is 2.62. The van der Waals surface area contributed by atoms with Gasteiger partial charge in [0.15, 0.2) is 0 Å². The largest absolute Gasteiger partial charge is 0.300 e. The Morgan fingerprint density at radius 3 is 2.36 bits per heavy atom. The van der Waals surface area contributed by atoms with Gasteiger partial charge in [0.05, 0.1) is 0 Å². The van der Waals surface area contributed by atoms with Crippen LogP contribution in [0.3, 0.4) is 0 Å². The maximum atomic E-state index is 11.0. The van der Waals surface area contributed by atoms with Gasteiger partial charge in [-0.1, -0.05) is 25.7 Å². The van der Waals surface area contributed by atoms with Crippen molar-refractivity contribution >= 4 is 5.78 Å². The van der Waals surface area contributed by atoms with Crippen molar-refractivity contribution in [2.75, 3.05) is 0 Å². The Balaban J connectivity index is 1.85. The van der Waals surface area contributed by atoms with Gasteiger partial charge in [-0.05, 0) is 25.2 Å². The zero-order chi connectivity index (χ0) is 7.84. The van der Waals surface area contributed by atoms with E-state index in [4.69, 9.17) is 0 Å². The molecule has 2 rings (SSSR count). The van der Waals surface area contributed by atoms with Crippen LogP contribution in [0.25, 0.3) is 0 Å². The number of carbonyl (C=O) groups excluding carboxylic acids is 1. The molecule has 2 saturated carbocycles. The van der Waals surface area contributed by atoms with Gasteiger partial charge in [-0.3, -0.25) is 4.79 Å². The summed E-state index contributed by atoms with van der Waals surface area (Å²) in [4.78, 5) is 11.0. The summed E-state index contributed by atoms with van der Waals surface area (Å²) in [5.41, 5.74) is 0. The van der Waals surface area contributed by atoms with Crippen molar-refractivity contribution in [3.05, 3.63) is 0 Å². The van der Waals surface area contributed by atoms with E-state index in [-0.39, 0.29) is 0 Å². The van der Waals surface area contributed by atoms with Gasteiger partial charge in [-0.25, -0.2) is 0 Å². The fraction of sp³-hybridized carbons (Fsp3) is 0.900. The van der Waals surface area contributed by atoms with E-state index in [0.717, 1.165) is 11.8 Å². The molecule has 2 fully saturated rings. The van der Waals surface area contributed by atoms with E-state index in [1.54, 1.807) is 6.92 Å². The predicted octanol–water partition coefficient (Wildman–Crippen LogP) is 2.40. The Hall–Kier alpha value is -0.330. The zero-order valence-electron chi connectivity index (χ0n) is 7.18. The highest BCUT2D eigenvalue weighted by atomic mass is 16.1. The molecule has 0 amide bonds. The van der Waals surface area contributed by atoms with Crippen LogP contribution in [0.1, 0.15) is 39.0 Å². The van der Waals surface area contributed by atoms with Crippen molar-refractivity contribution in [2.24, 2.45) is 17.8 Å². The van der Waals surface area contributed by atoms with Gasteiger partial charge in [-0.15, -0.1) is 0 Å². The maximum Gasteiger partial charge on any atom is 0.133 e. The van der Waals surface area contributed by atoms with Gasteiger partial charge >= 0.3 is 0 Å². The van der Waals surface area contributed by atoms with Gasteiger partial charge < -0.3 is 0 Å². The number of ketones is 1. The fourth-order valence-electron chi connectivity index (χ4n) is 2.59. The minimum absolute atomic E-state index is 0.432. The van der Waals surface area contributed by atoms with Crippen LogP contribution in [-0.2, 0) is 4.79 Å². The maximum absolute atomic E-state index is 11.0. The Kier molecular flexibility index (Phi) is 1.74. The normalized spacial score (nSPS) is 37.5. The zero-order valence-corrected chi connectivity index (χ0v) is 7.18. The molecule has 0 bridgehead atoms. The Morgan fingerprint density at radius 2 is 1.91 bits per heavy atom. The van der Waals surface area contributed by atoms with Crippen LogP contribution in [0.5, 0.6) is 0 Å². The monoisotopic (exact) mass is 152 g/mol. The lowest BCUT2D eigenvalue weighted by molar-refractivity contribution is -0.118. The lowest BCUT2D eigenvalue weighted by Gasteiger charge is -2.05. The number of carbonyl (C=O) groups is 1. The molecule has 0 saturated heterocycles. The molecule has 0 aromatic rings. The molecular formula is C10H16O. The Morgan fingerprint density at radius 1 is 1.27 bits per heavy atom. The molecule has 1 nitrogen and oxygen atoms in total. The SMILES string of the molecule is CC(=O)[C@H]1C[C@@H]1C1CCCC1. The fourth-order valence-corrected chi connectivity index (χ4v) is 2.59. The molecule has 1 heteroatoms. The van der Waals surface area contributed by atoms with Crippen LogP contribution in [-0.4, -0.2) is 5.78 Å². The summed E-state index contributed by atoms with van der Waals surface area (Å²) < 4.78 is 0. The average Bonchev–Trinajstić information content (AvgIpc) is 2.60. The van der Waals surface area contributed by atoms with Crippen molar-refractivity contribution in [3.8, 4) is 0 Å². The Labute approximate surface area is 68.2 Å². The second-order valence-corrected chi connectivity index (χ2v) is 4.16. The molecule has 0 aliphatic heterocycles. The molecule has 0 spiro atoms. The third-order valence-corrected chi connectivity index (χ3v) is 3.37. The number of hydrogen-bond donors (Lipinski definition) is 0. The lowest BCUT2D eigenvalue weighted by Crippen LogP contribution is -2.02. The van der Waals surface area contributed by atoms with Crippen molar-refractivity contribution in [3.63, 3.8) is 0 Å². The second kappa shape index (κ2) is 2.62. The first-order chi connectivity index (χ1) is 5.29. The molecule has 2 aliphatic rings. The number of hydrogen-bond acceptors (Lipinski definition) is 1. The van der Waals surface area contributed by atoms with E-state index in [9.17, 15) is 4.79 Å². The van der Waals surface area contributed by atoms with Crippen LogP contribution < -0.4 is 0 Å². The van der Waals surface area contributed by atoms with Gasteiger partial charge in [0.1, 0.15) is 5.78 Å². The summed E-state index contributed by atoms with van der Waals surface area (Å²) in [6.45, 7) is 1.75. The van der Waals surface area contributed by atoms with Crippen LogP contribution >= 0.6 is 0 Å². The highest BCUT2D eigenvalue weighted by Crippen LogP contribution is 2.50. The molecule has 2 atom stereocenters. The topological polar surface area (TPSA) is 17.1 Å². The number of rotatable bonds is 2. The molecule has 0 heterocycles. The van der Waals surface area contributed by atoms with E-state index in [1.165, 1.54) is 32.1 Å². The van der Waals surface area contributed by atoms with E-state index < -0.39 is 0 Å². The summed E-state index contributed by atoms with van der Waals surface area (Å²) in [5, 5.41) is 0. The van der Waals surface area contributed by atoms with Crippen molar-refractivity contribution < 1.29 is 4.79 Å². The molecule has 62 valence electrons. The van der Waals surface area contributed by atoms with Gasteiger partial charge in [-0.2, -0.15) is 0 Å². The standard InChI is InChI=1S/C10H16O/c1-7(11)9-6-10(9)8-4-2-3-5-8/h8-10H,2-6H2,1H3/t9-,10-/m1/s1. The van der Waals surface area contributed by atoms with Crippen LogP contribution in [0, 0.1) is 17.8 Å². The molecule has 11 heavy (non-hydrogen) atoms. The number of Topliss-reactive ketones (excluding diaryl/α,β-unsaturated/α-hetero) is 1. The lowest BCUT2D eigenvalue weighted by atomic mass is 10.00. The first kappa shape index (κ1) is 7.33. The molecule has 0 aromatic heterocycles. The molecule has 0 unspecified atom stereocenters. The third kappa shape index (κ3) is 1.33. The second-order valence-electron chi connectivity index (χ2n) is 4.16. The summed E-state index contributed by atoms with van der Waals surface area (Å²) in [7, 11) is 0. The molecular weight excluding hydrogens is 136 g/mol. The molecule has 0 N–H and O–H groups in total. The minimum atomic E-state index is 0.432. The van der Waals surface area contributed by atoms with E-state index in [2.05, 4.69) is 0 Å².